The molecule has 24 nitrogen and oxygen atoms in total. The van der Waals surface area contributed by atoms with Crippen LogP contribution in [0.5, 0.6) is 0 Å². The number of carbonyl (C=O) groups excluding carboxylic acids is 12. The van der Waals surface area contributed by atoms with Crippen LogP contribution in [0, 0.1) is 41.4 Å². The molecule has 0 saturated carbocycles. The number of aliphatic hydroxyl groups excluding tert-OH is 1. The third kappa shape index (κ3) is 22.7. The number of likely N-dealkylation sites (N-methyl/N-ethyl adjacent to an activating group) is 7. The molecule has 11 amide bonds. The molecule has 0 unspecified atom stereocenters. The molecule has 514 valence electrons. The molecule has 1 saturated heterocycles. The number of hydrogen-bond acceptors (Lipinski definition) is 13. The topological polar surface area (TPSA) is 287 Å². The Morgan fingerprint density at radius 2 is 0.911 bits per heavy atom. The summed E-state index contributed by atoms with van der Waals surface area (Å²) in [6.07, 6.45) is 3.76. The molecule has 1 fully saturated rings. The second-order valence-electron chi connectivity index (χ2n) is 27.4. The van der Waals surface area contributed by atoms with E-state index in [9.17, 15) is 38.7 Å². The summed E-state index contributed by atoms with van der Waals surface area (Å²) in [4.78, 5) is 184. The van der Waals surface area contributed by atoms with Crippen molar-refractivity contribution < 1.29 is 62.6 Å². The number of allylic oxidation sites excluding steroid dienone is 2. The van der Waals surface area contributed by atoms with E-state index in [-0.39, 0.29) is 75.2 Å². The summed E-state index contributed by atoms with van der Waals surface area (Å²) < 4.78 is 0. The molecule has 12 atom stereocenters. The summed E-state index contributed by atoms with van der Waals surface area (Å²) in [5.74, 6) is -10.1. The Balaban J connectivity index is 4.48. The average Bonchev–Trinajstić information content (AvgIpc) is 1.50. The van der Waals surface area contributed by atoms with Crippen LogP contribution < -0.4 is 16.0 Å². The molecule has 1 rings (SSSR count). The number of amides is 11. The van der Waals surface area contributed by atoms with Gasteiger partial charge in [0.15, 0.2) is 0 Å². The van der Waals surface area contributed by atoms with Gasteiger partial charge in [0.25, 0.3) is 0 Å². The number of hydrogen-bond donors (Lipinski definition) is 4. The Kier molecular flexibility index (Phi) is 34.2. The highest BCUT2D eigenvalue weighted by atomic mass is 16.3. The van der Waals surface area contributed by atoms with Gasteiger partial charge in [0.1, 0.15) is 66.7 Å². The minimum absolute atomic E-state index is 0.000876. The fourth-order valence-electron chi connectivity index (χ4n) is 11.6. The second kappa shape index (κ2) is 37.8. The van der Waals surface area contributed by atoms with E-state index < -0.39 is 156 Å². The highest BCUT2D eigenvalue weighted by Gasteiger charge is 2.46. The third-order valence-corrected chi connectivity index (χ3v) is 17.1. The Morgan fingerprint density at radius 1 is 0.489 bits per heavy atom. The third-order valence-electron chi connectivity index (χ3n) is 17.1. The van der Waals surface area contributed by atoms with Gasteiger partial charge in [-0.05, 0) is 107 Å². The molecule has 0 aromatic carbocycles. The van der Waals surface area contributed by atoms with Crippen LogP contribution in [-0.2, 0) is 57.5 Å². The first-order valence-electron chi connectivity index (χ1n) is 32.5. The Labute approximate surface area is 538 Å². The zero-order chi connectivity index (χ0) is 69.7. The van der Waals surface area contributed by atoms with Crippen LogP contribution >= 0.6 is 0 Å². The minimum Gasteiger partial charge on any atom is -0.390 e. The van der Waals surface area contributed by atoms with Gasteiger partial charge in [0.2, 0.25) is 65.0 Å². The lowest BCUT2D eigenvalue weighted by Gasteiger charge is -2.41. The first-order valence-corrected chi connectivity index (χ1v) is 32.5. The van der Waals surface area contributed by atoms with Crippen molar-refractivity contribution in [2.24, 2.45) is 41.4 Å². The molecule has 90 heavy (non-hydrogen) atoms. The number of aldehydes is 1. The minimum atomic E-state index is -1.63. The van der Waals surface area contributed by atoms with E-state index in [1.165, 1.54) is 92.6 Å². The van der Waals surface area contributed by atoms with Crippen molar-refractivity contribution in [3.8, 4) is 0 Å². The molecule has 1 heterocycles. The van der Waals surface area contributed by atoms with E-state index in [1.807, 2.05) is 55.4 Å². The van der Waals surface area contributed by atoms with Crippen LogP contribution in [0.25, 0.3) is 0 Å². The maximum atomic E-state index is 15.3. The SMILES string of the molecule is C/C=C/C[C@@H](C)[C@@H](O)[C@H]1C(=O)N[C@@H](CC)C(=O)N(C)CC(=O)N(C)[C@@H](CC(C)C)C(=O)N(CCCC=O)[C@@H](C(C)C)C(=O)N(C)[C@@H](CC(C)C)C(=O)N[C@@H](C)C(=O)N[C@H](C)C(=O)N(C)[C@@H](CC(C)C)C(=O)N(C)[C@@H](CC(C)C)C(=O)N(C)[C@@H](C(C)C)C(=O)N1C. The molecule has 1 aliphatic heterocycles. The monoisotopic (exact) mass is 1270 g/mol. The molecule has 0 aromatic heterocycles. The molecule has 0 radical (unpaired) electrons. The van der Waals surface area contributed by atoms with Crippen molar-refractivity contribution in [2.45, 2.75) is 236 Å². The van der Waals surface area contributed by atoms with Crippen molar-refractivity contribution in [1.29, 1.82) is 0 Å². The summed E-state index contributed by atoms with van der Waals surface area (Å²) >= 11 is 0. The maximum absolute atomic E-state index is 15.3. The van der Waals surface area contributed by atoms with Crippen LogP contribution in [0.2, 0.25) is 0 Å². The largest absolute Gasteiger partial charge is 0.390 e. The van der Waals surface area contributed by atoms with E-state index in [1.54, 1.807) is 60.6 Å². The van der Waals surface area contributed by atoms with Gasteiger partial charge in [-0.3, -0.25) is 52.7 Å². The van der Waals surface area contributed by atoms with Crippen molar-refractivity contribution >= 4 is 71.3 Å². The Hall–Kier alpha value is -6.46. The molecular weight excluding hydrogens is 1150 g/mol. The van der Waals surface area contributed by atoms with Crippen molar-refractivity contribution in [3.63, 3.8) is 0 Å². The van der Waals surface area contributed by atoms with Gasteiger partial charge in [-0.1, -0.05) is 109 Å². The van der Waals surface area contributed by atoms with Gasteiger partial charge in [-0.2, -0.15) is 0 Å². The van der Waals surface area contributed by atoms with Gasteiger partial charge in [-0.25, -0.2) is 0 Å². The van der Waals surface area contributed by atoms with Gasteiger partial charge in [-0.15, -0.1) is 0 Å². The molecule has 0 aliphatic carbocycles. The van der Waals surface area contributed by atoms with Crippen LogP contribution in [0.15, 0.2) is 12.2 Å². The smallest absolute Gasteiger partial charge is 0.246 e. The predicted octanol–water partition coefficient (Wildman–Crippen LogP) is 3.96. The number of nitrogens with zero attached hydrogens (tertiary/aromatic N) is 8. The first-order chi connectivity index (χ1) is 41.7. The zero-order valence-electron chi connectivity index (χ0n) is 59.1. The predicted molar refractivity (Wildman–Crippen MR) is 347 cm³/mol. The Morgan fingerprint density at radius 3 is 1.37 bits per heavy atom. The number of rotatable bonds is 19. The average molecular weight is 1270 g/mol. The molecule has 0 aromatic rings. The van der Waals surface area contributed by atoms with Crippen molar-refractivity contribution in [3.05, 3.63) is 12.2 Å². The first kappa shape index (κ1) is 81.6. The number of nitrogens with one attached hydrogen (secondary N) is 3. The fraction of sp³-hybridized carbons (Fsp3) is 0.788. The van der Waals surface area contributed by atoms with E-state index in [2.05, 4.69) is 16.0 Å². The number of unbranched alkanes of at least 4 members (excludes halogenated alkanes) is 1. The highest BCUT2D eigenvalue weighted by Crippen LogP contribution is 2.27. The van der Waals surface area contributed by atoms with E-state index >= 15 is 24.0 Å². The van der Waals surface area contributed by atoms with E-state index in [0.717, 1.165) is 9.80 Å². The van der Waals surface area contributed by atoms with Crippen LogP contribution in [-0.4, -0.2) is 245 Å². The summed E-state index contributed by atoms with van der Waals surface area (Å²) in [7, 11) is 9.89. The molecule has 0 spiro atoms. The lowest BCUT2D eigenvalue weighted by molar-refractivity contribution is -0.157. The normalized spacial score (nSPS) is 26.1. The zero-order valence-corrected chi connectivity index (χ0v) is 59.1. The molecule has 0 bridgehead atoms. The molecule has 4 N–H and O–H groups in total. The maximum Gasteiger partial charge on any atom is 0.246 e. The summed E-state index contributed by atoms with van der Waals surface area (Å²) in [6.45, 7) is 29.2. The molecular formula is C66H117N11O13. The van der Waals surface area contributed by atoms with Gasteiger partial charge < -0.3 is 65.1 Å². The summed E-state index contributed by atoms with van der Waals surface area (Å²) in [5, 5.41) is 20.3. The van der Waals surface area contributed by atoms with Gasteiger partial charge >= 0.3 is 0 Å². The van der Waals surface area contributed by atoms with Crippen molar-refractivity contribution in [2.75, 3.05) is 62.4 Å². The number of aliphatic hydroxyl groups is 1. The quantitative estimate of drug-likeness (QED) is 0.0811. The van der Waals surface area contributed by atoms with Crippen LogP contribution in [0.4, 0.5) is 0 Å². The van der Waals surface area contributed by atoms with Gasteiger partial charge in [0.05, 0.1) is 12.6 Å². The fourth-order valence-corrected chi connectivity index (χ4v) is 11.6. The molecule has 24 heteroatoms. The highest BCUT2D eigenvalue weighted by molar-refractivity contribution is 5.99. The lowest BCUT2D eigenvalue weighted by atomic mass is 9.91. The lowest BCUT2D eigenvalue weighted by Crippen LogP contribution is -2.63. The van der Waals surface area contributed by atoms with Crippen LogP contribution in [0.3, 0.4) is 0 Å². The summed E-state index contributed by atoms with van der Waals surface area (Å²) in [5.41, 5.74) is 0. The standard InChI is InChI=1S/C66H117N11O13/c1-25-27-30-44(15)56(80)55-59(83)69-47(26-2)61(85)70(18)37-52(79)71(19)51(36-41(9)10)64(88)77(31-28-29-32-78)54(43(13)14)66(90)72(20)48(33-38(3)4)58(82)67-45(16)57(81)68-46(17)60(84)73(21)49(34-39(5)6)62(86)74(22)50(35-40(7)8)63(87)75(23)53(42(11)12)65(89)76(55)24/h25,27,32,38-51,53-56,80H,26,28-31,33-37H2,1-24H3,(H,67,82)(H,68,81)(H,69,83)/b27-25+/t44-,45+,46-,47+,48+,49+,50+,51+,53+,54+,55+,56-/m1/s1. The molecule has 1 aliphatic rings. The second-order valence-corrected chi connectivity index (χ2v) is 27.4. The number of carbonyl (C=O) groups is 12. The summed E-state index contributed by atoms with van der Waals surface area (Å²) in [6, 6.07) is -12.7. The van der Waals surface area contributed by atoms with E-state index in [0.29, 0.717) is 12.7 Å². The van der Waals surface area contributed by atoms with Gasteiger partial charge in [0, 0.05) is 62.3 Å². The van der Waals surface area contributed by atoms with Crippen LogP contribution in [0.1, 0.15) is 169 Å². The Bertz CT molecular complexity index is 2470. The van der Waals surface area contributed by atoms with E-state index in [4.69, 9.17) is 0 Å². The van der Waals surface area contributed by atoms with Crippen molar-refractivity contribution in [1.82, 2.24) is 55.1 Å².